The van der Waals surface area contributed by atoms with E-state index in [4.69, 9.17) is 16.3 Å². The number of aryl methyl sites for hydroxylation is 1. The molecule has 0 fully saturated rings. The van der Waals surface area contributed by atoms with E-state index in [1.807, 2.05) is 73.1 Å². The highest BCUT2D eigenvalue weighted by atomic mass is 35.5. The summed E-state index contributed by atoms with van der Waals surface area (Å²) >= 11 is 6.64. The van der Waals surface area contributed by atoms with Crippen molar-refractivity contribution in [2.75, 3.05) is 11.5 Å². The number of rotatable bonds is 22. The highest BCUT2D eigenvalue weighted by Gasteiger charge is 2.20. The molecule has 3 aromatic rings. The molecule has 0 saturated carbocycles. The molecule has 1 heterocycles. The van der Waals surface area contributed by atoms with Crippen LogP contribution < -0.4 is 14.2 Å². The van der Waals surface area contributed by atoms with Crippen molar-refractivity contribution in [2.24, 2.45) is 0 Å². The third-order valence-corrected chi connectivity index (χ3v) is 8.32. The Labute approximate surface area is 266 Å². The number of pyridine rings is 1. The lowest BCUT2D eigenvalue weighted by Gasteiger charge is -2.23. The van der Waals surface area contributed by atoms with E-state index in [9.17, 15) is 4.79 Å². The van der Waals surface area contributed by atoms with E-state index in [1.54, 1.807) is 4.90 Å². The zero-order chi connectivity index (χ0) is 30.5. The maximum Gasteiger partial charge on any atom is 0.259 e. The van der Waals surface area contributed by atoms with Crippen LogP contribution in [0.25, 0.3) is 0 Å². The summed E-state index contributed by atoms with van der Waals surface area (Å²) in [7, 11) is 0. The third kappa shape index (κ3) is 13.1. The molecule has 0 spiro atoms. The zero-order valence-corrected chi connectivity index (χ0v) is 27.5. The number of hydrogen-bond acceptors (Lipinski definition) is 2. The Kier molecular flexibility index (Phi) is 16.9. The largest absolute Gasteiger partial charge is 0.492 e. The van der Waals surface area contributed by atoms with Gasteiger partial charge >= 0.3 is 0 Å². The Bertz CT molecular complexity index is 1170. The molecule has 234 valence electrons. The maximum absolute atomic E-state index is 13.6. The monoisotopic (exact) mass is 605 g/mol. The Balaban J connectivity index is 1.39. The van der Waals surface area contributed by atoms with E-state index in [0.717, 1.165) is 30.6 Å². The van der Waals surface area contributed by atoms with Gasteiger partial charge in [0, 0.05) is 24.2 Å². The lowest BCUT2D eigenvalue weighted by atomic mass is 10.0. The summed E-state index contributed by atoms with van der Waals surface area (Å²) in [4.78, 5) is 15.4. The topological polar surface area (TPSA) is 33.4 Å². The lowest BCUT2D eigenvalue weighted by Crippen LogP contribution is -2.34. The molecule has 4 nitrogen and oxygen atoms in total. The summed E-state index contributed by atoms with van der Waals surface area (Å²) in [6.45, 7) is 6.46. The van der Waals surface area contributed by atoms with Crippen molar-refractivity contribution in [1.82, 2.24) is 0 Å². The molecule has 1 aromatic heterocycles. The van der Waals surface area contributed by atoms with E-state index < -0.39 is 0 Å². The van der Waals surface area contributed by atoms with E-state index >= 15 is 0 Å². The van der Waals surface area contributed by atoms with Crippen LogP contribution in [0.3, 0.4) is 0 Å². The van der Waals surface area contributed by atoms with Crippen molar-refractivity contribution in [1.29, 1.82) is 0 Å². The smallest absolute Gasteiger partial charge is 0.259 e. The molecule has 43 heavy (non-hydrogen) atoms. The summed E-state index contributed by atoms with van der Waals surface area (Å²) in [6.07, 6.45) is 23.8. The predicted molar refractivity (Wildman–Crippen MR) is 181 cm³/mol. The predicted octanol–water partition coefficient (Wildman–Crippen LogP) is 10.7. The standard InChI is InChI=1S/C38H54ClN2O2/c1-3-5-6-7-8-9-10-11-12-13-14-15-16-20-30-43-37-24-23-33(31-36(37)39)32-41(35-21-18-17-19-22-35)38(42)34-25-28-40(27-4-2)29-26-34/h17-19,21-26,28-29,31H,3-16,20,27,30,32H2,1-2H3/q+1. The van der Waals surface area contributed by atoms with Crippen molar-refractivity contribution in [3.05, 3.63) is 89.2 Å². The molecule has 3 rings (SSSR count). The number of para-hydroxylation sites is 1. The zero-order valence-electron chi connectivity index (χ0n) is 26.7. The number of nitrogens with zero attached hydrogens (tertiary/aromatic N) is 2. The molecule has 0 aliphatic rings. The number of unbranched alkanes of at least 4 members (excludes halogenated alkanes) is 13. The van der Waals surface area contributed by atoms with E-state index in [2.05, 4.69) is 18.4 Å². The summed E-state index contributed by atoms with van der Waals surface area (Å²) < 4.78 is 8.12. The van der Waals surface area contributed by atoms with Crippen molar-refractivity contribution < 1.29 is 14.1 Å². The van der Waals surface area contributed by atoms with Crippen LogP contribution in [0.4, 0.5) is 5.69 Å². The van der Waals surface area contributed by atoms with Gasteiger partial charge < -0.3 is 9.64 Å². The second-order valence-corrected chi connectivity index (χ2v) is 12.2. The van der Waals surface area contributed by atoms with E-state index in [1.165, 1.54) is 83.5 Å². The Hall–Kier alpha value is -2.85. The minimum Gasteiger partial charge on any atom is -0.492 e. The average Bonchev–Trinajstić information content (AvgIpc) is 3.03. The Morgan fingerprint density at radius 2 is 1.30 bits per heavy atom. The average molecular weight is 606 g/mol. The third-order valence-electron chi connectivity index (χ3n) is 8.03. The van der Waals surface area contributed by atoms with Gasteiger partial charge in [0.25, 0.3) is 5.91 Å². The maximum atomic E-state index is 13.6. The van der Waals surface area contributed by atoms with Crippen LogP contribution in [-0.4, -0.2) is 12.5 Å². The van der Waals surface area contributed by atoms with Crippen molar-refractivity contribution >= 4 is 23.2 Å². The van der Waals surface area contributed by atoms with Gasteiger partial charge in [-0.15, -0.1) is 0 Å². The first kappa shape index (κ1) is 34.6. The van der Waals surface area contributed by atoms with Gasteiger partial charge in [0.2, 0.25) is 0 Å². The number of ether oxygens (including phenoxy) is 1. The highest BCUT2D eigenvalue weighted by molar-refractivity contribution is 6.32. The summed E-state index contributed by atoms with van der Waals surface area (Å²) in [6, 6.07) is 19.5. The second-order valence-electron chi connectivity index (χ2n) is 11.8. The van der Waals surface area contributed by atoms with Crippen LogP contribution in [0, 0.1) is 0 Å². The SMILES string of the molecule is CCCCCCCCCCCCCCCCOc1ccc(CN(C(=O)c2cc[n+](CCC)cc2)c2ccccc2)cc1Cl. The van der Waals surface area contributed by atoms with Crippen LogP contribution in [0.2, 0.25) is 5.02 Å². The number of halogens is 1. The van der Waals surface area contributed by atoms with Gasteiger partial charge in [0.15, 0.2) is 12.4 Å². The lowest BCUT2D eigenvalue weighted by molar-refractivity contribution is -0.697. The van der Waals surface area contributed by atoms with E-state index in [0.29, 0.717) is 29.5 Å². The molecule has 0 radical (unpaired) electrons. The number of benzene rings is 2. The minimum absolute atomic E-state index is 0.0379. The molecule has 2 aromatic carbocycles. The van der Waals surface area contributed by atoms with Gasteiger partial charge in [-0.2, -0.15) is 0 Å². The summed E-state index contributed by atoms with van der Waals surface area (Å²) in [5, 5.41) is 0.587. The van der Waals surface area contributed by atoms with Crippen molar-refractivity contribution in [3.63, 3.8) is 0 Å². The number of amides is 1. The first-order valence-corrected chi connectivity index (χ1v) is 17.3. The minimum atomic E-state index is -0.0379. The van der Waals surface area contributed by atoms with Crippen LogP contribution in [0.1, 0.15) is 126 Å². The quantitative estimate of drug-likeness (QED) is 0.0843. The number of anilines is 1. The van der Waals surface area contributed by atoms with Gasteiger partial charge in [0.1, 0.15) is 12.3 Å². The fourth-order valence-electron chi connectivity index (χ4n) is 5.47. The highest BCUT2D eigenvalue weighted by Crippen LogP contribution is 2.28. The van der Waals surface area contributed by atoms with Gasteiger partial charge in [-0.3, -0.25) is 4.79 Å². The molecule has 0 N–H and O–H groups in total. The van der Waals surface area contributed by atoms with Gasteiger partial charge in [0.05, 0.1) is 23.7 Å². The summed E-state index contributed by atoms with van der Waals surface area (Å²) in [5.41, 5.74) is 2.48. The Morgan fingerprint density at radius 1 is 0.721 bits per heavy atom. The van der Waals surface area contributed by atoms with Crippen LogP contribution >= 0.6 is 11.6 Å². The van der Waals surface area contributed by atoms with Gasteiger partial charge in [-0.1, -0.05) is 133 Å². The molecular formula is C38H54ClN2O2+. The molecule has 5 heteroatoms. The summed E-state index contributed by atoms with van der Waals surface area (Å²) in [5.74, 6) is 0.672. The Morgan fingerprint density at radius 3 is 1.86 bits per heavy atom. The van der Waals surface area contributed by atoms with Crippen LogP contribution in [0.5, 0.6) is 5.75 Å². The second kappa shape index (κ2) is 21.0. The molecule has 0 atom stereocenters. The fraction of sp³-hybridized carbons (Fsp3) is 0.526. The molecule has 0 aliphatic carbocycles. The van der Waals surface area contributed by atoms with Gasteiger partial charge in [-0.05, 0) is 36.2 Å². The number of hydrogen-bond donors (Lipinski definition) is 0. The van der Waals surface area contributed by atoms with Crippen LogP contribution in [-0.2, 0) is 13.1 Å². The van der Waals surface area contributed by atoms with Crippen molar-refractivity contribution in [2.45, 2.75) is 123 Å². The molecule has 0 bridgehead atoms. The van der Waals surface area contributed by atoms with Gasteiger partial charge in [-0.25, -0.2) is 4.57 Å². The molecule has 0 saturated heterocycles. The normalized spacial score (nSPS) is 11.0. The molecule has 1 amide bonds. The molecule has 0 unspecified atom stereocenters. The fourth-order valence-corrected chi connectivity index (χ4v) is 5.73. The van der Waals surface area contributed by atoms with E-state index in [-0.39, 0.29) is 5.91 Å². The number of carbonyl (C=O) groups is 1. The first-order chi connectivity index (χ1) is 21.1. The van der Waals surface area contributed by atoms with Crippen molar-refractivity contribution in [3.8, 4) is 5.75 Å². The number of aromatic nitrogens is 1. The molecular weight excluding hydrogens is 552 g/mol. The number of carbonyl (C=O) groups excluding carboxylic acids is 1. The van der Waals surface area contributed by atoms with Crippen LogP contribution in [0.15, 0.2) is 73.1 Å². The first-order valence-electron chi connectivity index (χ1n) is 16.9. The molecule has 0 aliphatic heterocycles.